The molecule has 1 saturated carbocycles. The third-order valence-corrected chi connectivity index (χ3v) is 3.21. The van der Waals surface area contributed by atoms with Crippen molar-refractivity contribution in [2.24, 2.45) is 5.92 Å². The Labute approximate surface area is 117 Å². The zero-order chi connectivity index (χ0) is 14.5. The van der Waals surface area contributed by atoms with Crippen LogP contribution < -0.4 is 10.6 Å². The van der Waals surface area contributed by atoms with Gasteiger partial charge in [0.25, 0.3) is 0 Å². The van der Waals surface area contributed by atoms with Gasteiger partial charge < -0.3 is 15.4 Å². The highest BCUT2D eigenvalue weighted by Gasteiger charge is 2.21. The summed E-state index contributed by atoms with van der Waals surface area (Å²) in [5.41, 5.74) is 0.997. The molecule has 2 rings (SSSR count). The minimum Gasteiger partial charge on any atom is -0.465 e. The smallest absolute Gasteiger partial charge is 0.339 e. The highest BCUT2D eigenvalue weighted by molar-refractivity contribution is 5.90. The molecule has 2 N–H and O–H groups in total. The zero-order valence-electron chi connectivity index (χ0n) is 11.7. The number of nitrogens with zero attached hydrogens (tertiary/aromatic N) is 1. The van der Waals surface area contributed by atoms with E-state index in [4.69, 9.17) is 0 Å². The van der Waals surface area contributed by atoms with Crippen LogP contribution in [0.5, 0.6) is 0 Å². The first kappa shape index (κ1) is 14.3. The molecule has 0 radical (unpaired) electrons. The van der Waals surface area contributed by atoms with Gasteiger partial charge in [-0.2, -0.15) is 0 Å². The minimum absolute atomic E-state index is 0.0478. The number of carbonyl (C=O) groups excluding carboxylic acids is 2. The molecule has 1 aliphatic carbocycles. The number of aryl methyl sites for hydroxylation is 1. The summed E-state index contributed by atoms with van der Waals surface area (Å²) in [6, 6.07) is 3.30. The van der Waals surface area contributed by atoms with E-state index in [1.54, 1.807) is 19.1 Å². The fourth-order valence-electron chi connectivity index (χ4n) is 1.80. The van der Waals surface area contributed by atoms with Gasteiger partial charge in [0, 0.05) is 6.54 Å². The summed E-state index contributed by atoms with van der Waals surface area (Å²) in [6.07, 6.45) is 2.42. The first-order chi connectivity index (χ1) is 9.60. The maximum absolute atomic E-state index is 11.6. The van der Waals surface area contributed by atoms with Gasteiger partial charge in [0.2, 0.25) is 5.91 Å². The molecule has 0 bridgehead atoms. The number of pyridine rings is 1. The Morgan fingerprint density at radius 1 is 1.40 bits per heavy atom. The van der Waals surface area contributed by atoms with Crippen LogP contribution in [0.15, 0.2) is 12.1 Å². The molecule has 108 valence electrons. The predicted octanol–water partition coefficient (Wildman–Crippen LogP) is 1.11. The second-order valence-electron chi connectivity index (χ2n) is 4.92. The SMILES string of the molecule is COC(=O)c1ccc(NCC(=O)NCC2CC2)nc1C. The Kier molecular flexibility index (Phi) is 4.55. The van der Waals surface area contributed by atoms with Crippen molar-refractivity contribution in [2.45, 2.75) is 19.8 Å². The molecule has 6 nitrogen and oxygen atoms in total. The summed E-state index contributed by atoms with van der Waals surface area (Å²) in [7, 11) is 1.33. The van der Waals surface area contributed by atoms with E-state index < -0.39 is 5.97 Å². The summed E-state index contributed by atoms with van der Waals surface area (Å²) in [5, 5.41) is 5.80. The number of aromatic nitrogens is 1. The maximum Gasteiger partial charge on any atom is 0.339 e. The minimum atomic E-state index is -0.413. The Balaban J connectivity index is 1.84. The van der Waals surface area contributed by atoms with Crippen molar-refractivity contribution < 1.29 is 14.3 Å². The van der Waals surface area contributed by atoms with E-state index in [0.717, 1.165) is 6.54 Å². The van der Waals surface area contributed by atoms with Crippen LogP contribution in [0, 0.1) is 12.8 Å². The molecule has 0 spiro atoms. The largest absolute Gasteiger partial charge is 0.465 e. The van der Waals surface area contributed by atoms with Crippen molar-refractivity contribution in [3.05, 3.63) is 23.4 Å². The number of rotatable bonds is 6. The zero-order valence-corrected chi connectivity index (χ0v) is 11.7. The fourth-order valence-corrected chi connectivity index (χ4v) is 1.80. The van der Waals surface area contributed by atoms with E-state index in [0.29, 0.717) is 23.0 Å². The summed E-state index contributed by atoms with van der Waals surface area (Å²) < 4.78 is 4.65. The van der Waals surface area contributed by atoms with Gasteiger partial charge in [0.15, 0.2) is 0 Å². The molecular weight excluding hydrogens is 258 g/mol. The molecular formula is C14H19N3O3. The van der Waals surface area contributed by atoms with Crippen molar-refractivity contribution in [1.82, 2.24) is 10.3 Å². The topological polar surface area (TPSA) is 80.3 Å². The molecule has 20 heavy (non-hydrogen) atoms. The van der Waals surface area contributed by atoms with Crippen LogP contribution in [-0.2, 0) is 9.53 Å². The highest BCUT2D eigenvalue weighted by atomic mass is 16.5. The molecule has 1 heterocycles. The fraction of sp³-hybridized carbons (Fsp3) is 0.500. The van der Waals surface area contributed by atoms with Gasteiger partial charge in [-0.05, 0) is 37.8 Å². The van der Waals surface area contributed by atoms with Gasteiger partial charge in [-0.1, -0.05) is 0 Å². The van der Waals surface area contributed by atoms with Crippen molar-refractivity contribution >= 4 is 17.7 Å². The van der Waals surface area contributed by atoms with Gasteiger partial charge in [0.05, 0.1) is 24.9 Å². The second kappa shape index (κ2) is 6.36. The van der Waals surface area contributed by atoms with Gasteiger partial charge in [0.1, 0.15) is 5.82 Å². The quantitative estimate of drug-likeness (QED) is 0.761. The number of nitrogens with one attached hydrogen (secondary N) is 2. The van der Waals surface area contributed by atoms with E-state index in [1.807, 2.05) is 0 Å². The van der Waals surface area contributed by atoms with E-state index in [1.165, 1.54) is 20.0 Å². The number of hydrogen-bond acceptors (Lipinski definition) is 5. The summed E-state index contributed by atoms with van der Waals surface area (Å²) >= 11 is 0. The van der Waals surface area contributed by atoms with E-state index >= 15 is 0 Å². The normalized spacial score (nSPS) is 13.7. The summed E-state index contributed by atoms with van der Waals surface area (Å²) in [4.78, 5) is 27.2. The number of esters is 1. The molecule has 1 fully saturated rings. The van der Waals surface area contributed by atoms with Crippen molar-refractivity contribution in [1.29, 1.82) is 0 Å². The van der Waals surface area contributed by atoms with Gasteiger partial charge in [-0.25, -0.2) is 9.78 Å². The first-order valence-corrected chi connectivity index (χ1v) is 6.66. The van der Waals surface area contributed by atoms with Crippen molar-refractivity contribution in [2.75, 3.05) is 25.5 Å². The average Bonchev–Trinajstić information content (AvgIpc) is 3.26. The highest BCUT2D eigenvalue weighted by Crippen LogP contribution is 2.27. The molecule has 1 aliphatic rings. The van der Waals surface area contributed by atoms with E-state index in [-0.39, 0.29) is 12.5 Å². The third-order valence-electron chi connectivity index (χ3n) is 3.21. The van der Waals surface area contributed by atoms with E-state index in [2.05, 4.69) is 20.4 Å². The number of amides is 1. The van der Waals surface area contributed by atoms with Gasteiger partial charge in [-0.3, -0.25) is 4.79 Å². The lowest BCUT2D eigenvalue weighted by atomic mass is 10.2. The first-order valence-electron chi connectivity index (χ1n) is 6.66. The van der Waals surface area contributed by atoms with Crippen LogP contribution in [0.3, 0.4) is 0 Å². The van der Waals surface area contributed by atoms with Gasteiger partial charge >= 0.3 is 5.97 Å². The number of carbonyl (C=O) groups is 2. The number of hydrogen-bond donors (Lipinski definition) is 2. The Morgan fingerprint density at radius 3 is 2.75 bits per heavy atom. The molecule has 0 aliphatic heterocycles. The van der Waals surface area contributed by atoms with Crippen LogP contribution in [0.25, 0.3) is 0 Å². The molecule has 0 unspecified atom stereocenters. The van der Waals surface area contributed by atoms with Crippen LogP contribution >= 0.6 is 0 Å². The lowest BCUT2D eigenvalue weighted by Crippen LogP contribution is -2.31. The maximum atomic E-state index is 11.6. The Morgan fingerprint density at radius 2 is 2.15 bits per heavy atom. The lowest BCUT2D eigenvalue weighted by molar-refractivity contribution is -0.119. The van der Waals surface area contributed by atoms with Crippen molar-refractivity contribution in [3.63, 3.8) is 0 Å². The number of anilines is 1. The summed E-state index contributed by atoms with van der Waals surface area (Å²) in [5.74, 6) is 0.771. The molecule has 0 aromatic carbocycles. The molecule has 6 heteroatoms. The summed E-state index contributed by atoms with van der Waals surface area (Å²) in [6.45, 7) is 2.66. The molecule has 1 aromatic heterocycles. The molecule has 1 amide bonds. The average molecular weight is 277 g/mol. The monoisotopic (exact) mass is 277 g/mol. The van der Waals surface area contributed by atoms with Crippen molar-refractivity contribution in [3.8, 4) is 0 Å². The lowest BCUT2D eigenvalue weighted by Gasteiger charge is -2.09. The Hall–Kier alpha value is -2.11. The molecule has 1 aromatic rings. The second-order valence-corrected chi connectivity index (χ2v) is 4.92. The number of ether oxygens (including phenoxy) is 1. The number of methoxy groups -OCH3 is 1. The van der Waals surface area contributed by atoms with Gasteiger partial charge in [-0.15, -0.1) is 0 Å². The molecule has 0 atom stereocenters. The molecule has 0 saturated heterocycles. The predicted molar refractivity (Wildman–Crippen MR) is 74.5 cm³/mol. The van der Waals surface area contributed by atoms with Crippen LogP contribution in [0.2, 0.25) is 0 Å². The Bertz CT molecular complexity index is 512. The standard InChI is InChI=1S/C14H19N3O3/c1-9-11(14(19)20-2)5-6-12(17-9)15-8-13(18)16-7-10-3-4-10/h5-6,10H,3-4,7-8H2,1-2H3,(H,15,17)(H,16,18). The third kappa shape index (κ3) is 3.94. The van der Waals surface area contributed by atoms with Crippen LogP contribution in [0.4, 0.5) is 5.82 Å². The van der Waals surface area contributed by atoms with Crippen LogP contribution in [0.1, 0.15) is 28.9 Å². The van der Waals surface area contributed by atoms with Crippen LogP contribution in [-0.4, -0.2) is 37.1 Å². The van der Waals surface area contributed by atoms with E-state index in [9.17, 15) is 9.59 Å².